The number of fused-ring (bicyclic) bond motifs is 1. The van der Waals surface area contributed by atoms with Crippen molar-refractivity contribution >= 4 is 51.8 Å². The molecule has 1 saturated heterocycles. The van der Waals surface area contributed by atoms with E-state index in [1.54, 1.807) is 0 Å². The maximum absolute atomic E-state index is 6.24. The molecule has 2 heterocycles. The summed E-state index contributed by atoms with van der Waals surface area (Å²) >= 11 is 9.47. The Balaban J connectivity index is 1.93. The number of rotatable bonds is 2. The number of hydrogen-bond acceptors (Lipinski definition) is 5. The predicted octanol–water partition coefficient (Wildman–Crippen LogP) is 3.65. The number of aromatic nitrogens is 2. The molecule has 0 bridgehead atoms. The highest BCUT2D eigenvalue weighted by Gasteiger charge is 2.23. The van der Waals surface area contributed by atoms with Gasteiger partial charge >= 0.3 is 0 Å². The Morgan fingerprint density at radius 3 is 3.06 bits per heavy atom. The molecule has 1 N–H and O–H groups in total. The van der Waals surface area contributed by atoms with Crippen molar-refractivity contribution in [3.8, 4) is 0 Å². The summed E-state index contributed by atoms with van der Waals surface area (Å²) in [5, 5.41) is 4.97. The van der Waals surface area contributed by atoms with Gasteiger partial charge in [0.2, 0.25) is 0 Å². The second-order valence-corrected chi connectivity index (χ2v) is 6.68. The maximum atomic E-state index is 6.24. The summed E-state index contributed by atoms with van der Waals surface area (Å²) in [7, 11) is 0. The standard InChI is InChI=1S/C11H12ClN3S2/c1-6-4-7(5-16-6)13-10-8(12)2-3-9-11(10)15-17-14-9/h2-3,6-7,13H,4-5H2,1H3. The Kier molecular flexibility index (Phi) is 3.15. The van der Waals surface area contributed by atoms with Crippen molar-refractivity contribution in [3.63, 3.8) is 0 Å². The molecule has 1 aliphatic rings. The van der Waals surface area contributed by atoms with Gasteiger partial charge in [-0.15, -0.1) is 0 Å². The number of halogens is 1. The first-order valence-corrected chi connectivity index (χ1v) is 7.68. The van der Waals surface area contributed by atoms with Gasteiger partial charge in [0.1, 0.15) is 11.0 Å². The summed E-state index contributed by atoms with van der Waals surface area (Å²) in [6.07, 6.45) is 1.18. The van der Waals surface area contributed by atoms with Crippen molar-refractivity contribution in [2.24, 2.45) is 0 Å². The monoisotopic (exact) mass is 285 g/mol. The predicted molar refractivity (Wildman–Crippen MR) is 76.4 cm³/mol. The lowest BCUT2D eigenvalue weighted by molar-refractivity contribution is 0.748. The molecular weight excluding hydrogens is 274 g/mol. The zero-order chi connectivity index (χ0) is 11.8. The average molecular weight is 286 g/mol. The topological polar surface area (TPSA) is 37.8 Å². The van der Waals surface area contributed by atoms with E-state index in [-0.39, 0.29) is 0 Å². The van der Waals surface area contributed by atoms with Crippen LogP contribution in [-0.2, 0) is 0 Å². The van der Waals surface area contributed by atoms with Gasteiger partial charge in [0.25, 0.3) is 0 Å². The molecule has 90 valence electrons. The summed E-state index contributed by atoms with van der Waals surface area (Å²) in [4.78, 5) is 0. The molecule has 17 heavy (non-hydrogen) atoms. The van der Waals surface area contributed by atoms with Crippen LogP contribution in [0.3, 0.4) is 0 Å². The third-order valence-electron chi connectivity index (χ3n) is 2.92. The van der Waals surface area contributed by atoms with Crippen LogP contribution in [0.15, 0.2) is 12.1 Å². The summed E-state index contributed by atoms with van der Waals surface area (Å²) in [6, 6.07) is 4.29. The van der Waals surface area contributed by atoms with Crippen LogP contribution < -0.4 is 5.32 Å². The normalized spacial score (nSPS) is 24.4. The Labute approximate surface area is 113 Å². The summed E-state index contributed by atoms with van der Waals surface area (Å²) in [5.74, 6) is 1.13. The Bertz CT molecular complexity index is 542. The van der Waals surface area contributed by atoms with Crippen LogP contribution in [0.4, 0.5) is 5.69 Å². The molecule has 1 aromatic carbocycles. The van der Waals surface area contributed by atoms with Crippen molar-refractivity contribution in [1.29, 1.82) is 0 Å². The summed E-state index contributed by atoms with van der Waals surface area (Å²) in [5.41, 5.74) is 2.75. The van der Waals surface area contributed by atoms with E-state index in [4.69, 9.17) is 11.6 Å². The summed E-state index contributed by atoms with van der Waals surface area (Å²) < 4.78 is 8.55. The first-order chi connectivity index (χ1) is 8.24. The van der Waals surface area contributed by atoms with Crippen LogP contribution in [0.25, 0.3) is 11.0 Å². The van der Waals surface area contributed by atoms with Crippen molar-refractivity contribution in [3.05, 3.63) is 17.2 Å². The van der Waals surface area contributed by atoms with Crippen LogP contribution in [0.1, 0.15) is 13.3 Å². The molecule has 0 aliphatic carbocycles. The minimum absolute atomic E-state index is 0.486. The molecule has 1 fully saturated rings. The fourth-order valence-electron chi connectivity index (χ4n) is 2.09. The third kappa shape index (κ3) is 2.23. The minimum Gasteiger partial charge on any atom is -0.378 e. The van der Waals surface area contributed by atoms with Gasteiger partial charge in [-0.05, 0) is 18.6 Å². The van der Waals surface area contributed by atoms with E-state index in [1.165, 1.54) is 18.1 Å². The molecule has 6 heteroatoms. The number of nitrogens with zero attached hydrogens (tertiary/aromatic N) is 2. The average Bonchev–Trinajstić information content (AvgIpc) is 2.91. The molecule has 0 amide bonds. The van der Waals surface area contributed by atoms with Crippen LogP contribution in [0.5, 0.6) is 0 Å². The fraction of sp³-hybridized carbons (Fsp3) is 0.455. The quantitative estimate of drug-likeness (QED) is 0.914. The second-order valence-electron chi connectivity index (χ2n) is 4.28. The van der Waals surface area contributed by atoms with E-state index >= 15 is 0 Å². The zero-order valence-corrected chi connectivity index (χ0v) is 11.7. The van der Waals surface area contributed by atoms with Gasteiger partial charge in [0.15, 0.2) is 0 Å². The van der Waals surface area contributed by atoms with Crippen molar-refractivity contribution in [1.82, 2.24) is 8.75 Å². The molecular formula is C11H12ClN3S2. The number of hydrogen-bond donors (Lipinski definition) is 1. The van der Waals surface area contributed by atoms with Crippen molar-refractivity contribution in [2.75, 3.05) is 11.1 Å². The van der Waals surface area contributed by atoms with Gasteiger partial charge in [0.05, 0.1) is 22.4 Å². The molecule has 2 aromatic rings. The lowest BCUT2D eigenvalue weighted by Gasteiger charge is -2.14. The smallest absolute Gasteiger partial charge is 0.129 e. The maximum Gasteiger partial charge on any atom is 0.129 e. The summed E-state index contributed by atoms with van der Waals surface area (Å²) in [6.45, 7) is 2.26. The van der Waals surface area contributed by atoms with Gasteiger partial charge in [-0.2, -0.15) is 20.5 Å². The Hall–Kier alpha value is -0.520. The van der Waals surface area contributed by atoms with Crippen LogP contribution in [0, 0.1) is 0 Å². The van der Waals surface area contributed by atoms with Gasteiger partial charge in [0, 0.05) is 17.0 Å². The highest BCUT2D eigenvalue weighted by Crippen LogP contribution is 2.34. The first-order valence-electron chi connectivity index (χ1n) is 5.53. The largest absolute Gasteiger partial charge is 0.378 e. The molecule has 3 nitrogen and oxygen atoms in total. The van der Waals surface area contributed by atoms with Gasteiger partial charge in [-0.25, -0.2) is 0 Å². The van der Waals surface area contributed by atoms with Crippen molar-refractivity contribution in [2.45, 2.75) is 24.6 Å². The van der Waals surface area contributed by atoms with Crippen LogP contribution in [-0.4, -0.2) is 25.8 Å². The van der Waals surface area contributed by atoms with E-state index in [0.717, 1.165) is 32.7 Å². The first kappa shape index (κ1) is 11.6. The molecule has 0 radical (unpaired) electrons. The van der Waals surface area contributed by atoms with Crippen LogP contribution in [0.2, 0.25) is 5.02 Å². The molecule has 3 rings (SSSR count). The molecule has 0 spiro atoms. The lowest BCUT2D eigenvalue weighted by atomic mass is 10.1. The lowest BCUT2D eigenvalue weighted by Crippen LogP contribution is -2.19. The molecule has 2 atom stereocenters. The van der Waals surface area contributed by atoms with Gasteiger partial charge < -0.3 is 5.32 Å². The van der Waals surface area contributed by atoms with E-state index < -0.39 is 0 Å². The number of benzene rings is 1. The molecule has 1 aliphatic heterocycles. The third-order valence-corrected chi connectivity index (χ3v) is 5.14. The Morgan fingerprint density at radius 2 is 2.29 bits per heavy atom. The van der Waals surface area contributed by atoms with E-state index in [0.29, 0.717) is 6.04 Å². The fourth-order valence-corrected chi connectivity index (χ4v) is 3.98. The Morgan fingerprint density at radius 1 is 1.41 bits per heavy atom. The van der Waals surface area contributed by atoms with Gasteiger partial charge in [-0.3, -0.25) is 0 Å². The van der Waals surface area contributed by atoms with Crippen molar-refractivity contribution < 1.29 is 0 Å². The number of anilines is 1. The molecule has 0 saturated carbocycles. The number of nitrogens with one attached hydrogen (secondary N) is 1. The zero-order valence-electron chi connectivity index (χ0n) is 9.31. The second kappa shape index (κ2) is 4.63. The molecule has 1 aromatic heterocycles. The number of thioether (sulfide) groups is 1. The van der Waals surface area contributed by atoms with E-state index in [2.05, 4.69) is 21.0 Å². The highest BCUT2D eigenvalue weighted by molar-refractivity contribution is 8.00. The SMILES string of the molecule is CC1CC(Nc2c(Cl)ccc3nsnc23)CS1. The van der Waals surface area contributed by atoms with E-state index in [9.17, 15) is 0 Å². The van der Waals surface area contributed by atoms with E-state index in [1.807, 2.05) is 23.9 Å². The molecule has 2 unspecified atom stereocenters. The minimum atomic E-state index is 0.486. The highest BCUT2D eigenvalue weighted by atomic mass is 35.5. The van der Waals surface area contributed by atoms with Gasteiger partial charge in [-0.1, -0.05) is 18.5 Å². The van der Waals surface area contributed by atoms with Crippen LogP contribution >= 0.6 is 35.1 Å².